The zero-order valence-corrected chi connectivity index (χ0v) is 13.6. The zero-order valence-electron chi connectivity index (χ0n) is 12.0. The van der Waals surface area contributed by atoms with Crippen LogP contribution in [0.15, 0.2) is 18.2 Å². The summed E-state index contributed by atoms with van der Waals surface area (Å²) in [6, 6.07) is 5.83. The lowest BCUT2D eigenvalue weighted by molar-refractivity contribution is 0.161. The highest BCUT2D eigenvalue weighted by Crippen LogP contribution is 2.29. The van der Waals surface area contributed by atoms with Gasteiger partial charge in [0.15, 0.2) is 0 Å². The number of nitrogens with two attached hydrogens (primary N) is 1. The second-order valence-electron chi connectivity index (χ2n) is 5.24. The molecule has 0 saturated carbocycles. The number of halogens is 2. The van der Waals surface area contributed by atoms with Gasteiger partial charge in [-0.3, -0.25) is 4.90 Å². The molecular weight excluding hydrogens is 295 g/mol. The summed E-state index contributed by atoms with van der Waals surface area (Å²) >= 11 is 6.30. The third-order valence-corrected chi connectivity index (χ3v) is 4.21. The van der Waals surface area contributed by atoms with E-state index in [2.05, 4.69) is 4.90 Å². The van der Waals surface area contributed by atoms with Crippen LogP contribution in [-0.2, 0) is 6.54 Å². The van der Waals surface area contributed by atoms with Gasteiger partial charge in [0.1, 0.15) is 5.75 Å². The minimum Gasteiger partial charge on any atom is -0.496 e. The van der Waals surface area contributed by atoms with E-state index in [1.54, 1.807) is 7.11 Å². The van der Waals surface area contributed by atoms with Gasteiger partial charge in [-0.25, -0.2) is 0 Å². The van der Waals surface area contributed by atoms with Gasteiger partial charge in [-0.1, -0.05) is 17.7 Å². The number of hydrogen-bond donors (Lipinski definition) is 1. The number of benzene rings is 1. The molecule has 114 valence electrons. The third kappa shape index (κ3) is 4.52. The number of rotatable bonds is 5. The monoisotopic (exact) mass is 318 g/mol. The zero-order chi connectivity index (χ0) is 13.7. The fourth-order valence-corrected chi connectivity index (χ4v) is 3.10. The molecule has 1 aliphatic rings. The summed E-state index contributed by atoms with van der Waals surface area (Å²) in [5, 5.41) is 0.792. The van der Waals surface area contributed by atoms with Gasteiger partial charge in [-0.15, -0.1) is 12.4 Å². The number of hydrogen-bond acceptors (Lipinski definition) is 3. The number of methoxy groups -OCH3 is 1. The van der Waals surface area contributed by atoms with E-state index >= 15 is 0 Å². The molecule has 1 heterocycles. The largest absolute Gasteiger partial charge is 0.496 e. The maximum atomic E-state index is 6.30. The molecule has 20 heavy (non-hydrogen) atoms. The van der Waals surface area contributed by atoms with E-state index in [1.807, 2.05) is 18.2 Å². The summed E-state index contributed by atoms with van der Waals surface area (Å²) in [5.41, 5.74) is 6.76. The minimum absolute atomic E-state index is 0. The Morgan fingerprint density at radius 3 is 2.95 bits per heavy atom. The summed E-state index contributed by atoms with van der Waals surface area (Å²) in [4.78, 5) is 2.47. The van der Waals surface area contributed by atoms with Gasteiger partial charge in [-0.05, 0) is 50.4 Å². The predicted molar refractivity (Wildman–Crippen MR) is 86.9 cm³/mol. The Kier molecular flexibility index (Phi) is 7.67. The first-order valence-electron chi connectivity index (χ1n) is 6.98. The highest BCUT2D eigenvalue weighted by molar-refractivity contribution is 6.31. The third-order valence-electron chi connectivity index (χ3n) is 3.86. The van der Waals surface area contributed by atoms with Crippen LogP contribution in [0.4, 0.5) is 0 Å². The second-order valence-corrected chi connectivity index (χ2v) is 5.65. The maximum absolute atomic E-state index is 6.30. The van der Waals surface area contributed by atoms with Gasteiger partial charge in [0.25, 0.3) is 0 Å². The molecule has 0 radical (unpaired) electrons. The van der Waals surface area contributed by atoms with Crippen LogP contribution in [0.5, 0.6) is 5.75 Å². The van der Waals surface area contributed by atoms with Crippen LogP contribution in [0.2, 0.25) is 5.02 Å². The van der Waals surface area contributed by atoms with Crippen molar-refractivity contribution in [2.24, 2.45) is 11.7 Å². The van der Waals surface area contributed by atoms with Gasteiger partial charge in [0, 0.05) is 23.7 Å². The van der Waals surface area contributed by atoms with E-state index in [0.717, 1.165) is 54.9 Å². The van der Waals surface area contributed by atoms with Crippen LogP contribution >= 0.6 is 24.0 Å². The van der Waals surface area contributed by atoms with Crippen molar-refractivity contribution in [3.8, 4) is 5.75 Å². The summed E-state index contributed by atoms with van der Waals surface area (Å²) in [6.45, 7) is 3.90. The standard InChI is InChI=1S/C15H23ClN2O.ClH/c1-19-15-6-2-5-14(16)13(15)11-18-9-3-4-12(10-18)7-8-17;/h2,5-6,12H,3-4,7-11,17H2,1H3;1H. The van der Waals surface area contributed by atoms with Crippen LogP contribution in [0.1, 0.15) is 24.8 Å². The first-order chi connectivity index (χ1) is 9.24. The molecule has 1 atom stereocenters. The van der Waals surface area contributed by atoms with Gasteiger partial charge in [0.05, 0.1) is 7.11 Å². The summed E-state index contributed by atoms with van der Waals surface area (Å²) in [6.07, 6.45) is 3.67. The van der Waals surface area contributed by atoms with Gasteiger partial charge in [-0.2, -0.15) is 0 Å². The SMILES string of the molecule is COc1cccc(Cl)c1CN1CCCC(CCN)C1.Cl. The molecule has 1 aliphatic heterocycles. The van der Waals surface area contributed by atoms with E-state index in [-0.39, 0.29) is 12.4 Å². The molecule has 0 aliphatic carbocycles. The Labute approximate surface area is 132 Å². The van der Waals surface area contributed by atoms with Crippen molar-refractivity contribution in [2.75, 3.05) is 26.7 Å². The highest BCUT2D eigenvalue weighted by Gasteiger charge is 2.21. The lowest BCUT2D eigenvalue weighted by Gasteiger charge is -2.33. The van der Waals surface area contributed by atoms with Crippen molar-refractivity contribution in [1.29, 1.82) is 0 Å². The molecule has 0 amide bonds. The van der Waals surface area contributed by atoms with Crippen molar-refractivity contribution in [2.45, 2.75) is 25.8 Å². The van der Waals surface area contributed by atoms with Crippen LogP contribution in [-0.4, -0.2) is 31.6 Å². The number of ether oxygens (including phenoxy) is 1. The van der Waals surface area contributed by atoms with Crippen LogP contribution in [0.25, 0.3) is 0 Å². The minimum atomic E-state index is 0. The Bertz CT molecular complexity index is 413. The molecule has 5 heteroatoms. The Morgan fingerprint density at radius 1 is 1.45 bits per heavy atom. The van der Waals surface area contributed by atoms with Crippen molar-refractivity contribution in [3.63, 3.8) is 0 Å². The molecule has 0 bridgehead atoms. The lowest BCUT2D eigenvalue weighted by atomic mass is 9.94. The summed E-state index contributed by atoms with van der Waals surface area (Å²) in [5.74, 6) is 1.61. The van der Waals surface area contributed by atoms with Crippen molar-refractivity contribution < 1.29 is 4.74 Å². The van der Waals surface area contributed by atoms with Crippen LogP contribution < -0.4 is 10.5 Å². The molecule has 0 spiro atoms. The topological polar surface area (TPSA) is 38.5 Å². The van der Waals surface area contributed by atoms with Gasteiger partial charge >= 0.3 is 0 Å². The molecule has 2 rings (SSSR count). The van der Waals surface area contributed by atoms with Gasteiger partial charge < -0.3 is 10.5 Å². The smallest absolute Gasteiger partial charge is 0.124 e. The molecule has 1 aromatic rings. The lowest BCUT2D eigenvalue weighted by Crippen LogP contribution is -2.35. The maximum Gasteiger partial charge on any atom is 0.124 e. The normalized spacial score (nSPS) is 19.4. The molecule has 0 aromatic heterocycles. The fraction of sp³-hybridized carbons (Fsp3) is 0.600. The van der Waals surface area contributed by atoms with Crippen LogP contribution in [0.3, 0.4) is 0 Å². The Morgan fingerprint density at radius 2 is 2.25 bits per heavy atom. The molecule has 3 nitrogen and oxygen atoms in total. The van der Waals surface area contributed by atoms with Gasteiger partial charge in [0.2, 0.25) is 0 Å². The van der Waals surface area contributed by atoms with E-state index in [9.17, 15) is 0 Å². The molecule has 1 saturated heterocycles. The Balaban J connectivity index is 0.00000200. The van der Waals surface area contributed by atoms with E-state index in [0.29, 0.717) is 0 Å². The number of likely N-dealkylation sites (tertiary alicyclic amines) is 1. The van der Waals surface area contributed by atoms with Crippen molar-refractivity contribution >= 4 is 24.0 Å². The van der Waals surface area contributed by atoms with E-state index < -0.39 is 0 Å². The average Bonchev–Trinajstić information content (AvgIpc) is 2.42. The molecule has 1 fully saturated rings. The summed E-state index contributed by atoms with van der Waals surface area (Å²) in [7, 11) is 1.70. The van der Waals surface area contributed by atoms with E-state index in [4.69, 9.17) is 22.1 Å². The average molecular weight is 319 g/mol. The summed E-state index contributed by atoms with van der Waals surface area (Å²) < 4.78 is 5.41. The van der Waals surface area contributed by atoms with Crippen molar-refractivity contribution in [1.82, 2.24) is 4.90 Å². The number of piperidine rings is 1. The highest BCUT2D eigenvalue weighted by atomic mass is 35.5. The second kappa shape index (κ2) is 8.73. The quantitative estimate of drug-likeness (QED) is 0.905. The number of nitrogens with zero attached hydrogens (tertiary/aromatic N) is 1. The van der Waals surface area contributed by atoms with Crippen molar-refractivity contribution in [3.05, 3.63) is 28.8 Å². The van der Waals surface area contributed by atoms with Crippen LogP contribution in [0, 0.1) is 5.92 Å². The molecule has 1 aromatic carbocycles. The predicted octanol–water partition coefficient (Wildman–Crippen LogP) is 3.33. The molecule has 2 N–H and O–H groups in total. The molecule has 1 unspecified atom stereocenters. The Hall–Kier alpha value is -0.480. The first-order valence-corrected chi connectivity index (χ1v) is 7.36. The fourth-order valence-electron chi connectivity index (χ4n) is 2.87. The molecular formula is C15H24Cl2N2O. The first kappa shape index (κ1) is 17.6. The van der Waals surface area contributed by atoms with E-state index in [1.165, 1.54) is 12.8 Å².